The van der Waals surface area contributed by atoms with E-state index in [-0.39, 0.29) is 39.4 Å². The highest BCUT2D eigenvalue weighted by Gasteiger charge is 2.18. The van der Waals surface area contributed by atoms with E-state index in [1.54, 1.807) is 0 Å². The van der Waals surface area contributed by atoms with Gasteiger partial charge >= 0.3 is 0 Å². The molecule has 0 aliphatic carbocycles. The Balaban J connectivity index is 0.00000150. The van der Waals surface area contributed by atoms with Crippen LogP contribution < -0.4 is 4.90 Å². The fourth-order valence-electron chi connectivity index (χ4n) is 3.75. The lowest BCUT2D eigenvalue weighted by atomic mass is 9.86. The van der Waals surface area contributed by atoms with Gasteiger partial charge in [-0.25, -0.2) is 4.98 Å². The summed E-state index contributed by atoms with van der Waals surface area (Å²) in [6.07, 6.45) is 0. The highest BCUT2D eigenvalue weighted by Crippen LogP contribution is 2.32. The summed E-state index contributed by atoms with van der Waals surface area (Å²) in [6, 6.07) is 19.7. The fourth-order valence-corrected chi connectivity index (χ4v) is 3.75. The molecule has 0 bridgehead atoms. The van der Waals surface area contributed by atoms with Gasteiger partial charge in [-0.2, -0.15) is 0 Å². The van der Waals surface area contributed by atoms with Crippen LogP contribution in [0.3, 0.4) is 0 Å². The first-order chi connectivity index (χ1) is 12.9. The van der Waals surface area contributed by atoms with Crippen molar-refractivity contribution in [2.75, 3.05) is 38.1 Å². The normalized spacial score (nSPS) is 15.0. The number of rotatable bonds is 2. The second-order valence-electron chi connectivity index (χ2n) is 8.66. The number of aromatic nitrogens is 1. The van der Waals surface area contributed by atoms with E-state index in [2.05, 4.69) is 92.2 Å². The summed E-state index contributed by atoms with van der Waals surface area (Å²) in [6.45, 7) is 11.1. The number of hydrogen-bond acceptors (Lipinski definition) is 3. The summed E-state index contributed by atoms with van der Waals surface area (Å²) in [5.74, 6) is 0. The predicted molar refractivity (Wildman–Crippen MR) is 136 cm³/mol. The molecule has 1 fully saturated rings. The molecular weight excluding hydrogens is 490 g/mol. The van der Waals surface area contributed by atoms with Crippen molar-refractivity contribution in [3.63, 3.8) is 0 Å². The molecule has 4 rings (SSSR count). The molecular formula is C24H31Br2N3. The van der Waals surface area contributed by atoms with Crippen molar-refractivity contribution in [1.82, 2.24) is 9.88 Å². The maximum absolute atomic E-state index is 4.97. The van der Waals surface area contributed by atoms with Gasteiger partial charge in [0.2, 0.25) is 0 Å². The van der Waals surface area contributed by atoms with E-state index in [9.17, 15) is 0 Å². The number of fused-ring (bicyclic) bond motifs is 1. The molecule has 0 atom stereocenters. The number of benzene rings is 2. The third-order valence-electron chi connectivity index (χ3n) is 5.58. The van der Waals surface area contributed by atoms with Crippen molar-refractivity contribution in [3.05, 3.63) is 60.2 Å². The van der Waals surface area contributed by atoms with Gasteiger partial charge < -0.3 is 9.80 Å². The van der Waals surface area contributed by atoms with Crippen LogP contribution in [0.25, 0.3) is 22.2 Å². The van der Waals surface area contributed by atoms with Gasteiger partial charge in [0.25, 0.3) is 0 Å². The molecule has 1 saturated heterocycles. The van der Waals surface area contributed by atoms with Gasteiger partial charge in [0.15, 0.2) is 0 Å². The number of pyridine rings is 1. The van der Waals surface area contributed by atoms with E-state index in [1.807, 2.05) is 0 Å². The van der Waals surface area contributed by atoms with Gasteiger partial charge in [-0.05, 0) is 30.2 Å². The smallest absolute Gasteiger partial charge is 0.0730 e. The molecule has 1 aliphatic heterocycles. The molecule has 5 heteroatoms. The molecule has 0 saturated carbocycles. The van der Waals surface area contributed by atoms with Gasteiger partial charge in [-0.1, -0.05) is 63.2 Å². The average molecular weight is 521 g/mol. The molecule has 0 unspecified atom stereocenters. The number of likely N-dealkylation sites (N-methyl/N-ethyl adjacent to an activating group) is 1. The van der Waals surface area contributed by atoms with Gasteiger partial charge in [0, 0.05) is 42.8 Å². The van der Waals surface area contributed by atoms with Crippen molar-refractivity contribution in [2.24, 2.45) is 0 Å². The molecule has 3 aromatic rings. The number of hydrogen-bond donors (Lipinski definition) is 0. The van der Waals surface area contributed by atoms with Crippen LogP contribution in [-0.2, 0) is 5.41 Å². The first kappa shape index (κ1) is 23.8. The zero-order chi connectivity index (χ0) is 19.0. The summed E-state index contributed by atoms with van der Waals surface area (Å²) < 4.78 is 0. The average Bonchev–Trinajstić information content (AvgIpc) is 2.67. The van der Waals surface area contributed by atoms with Gasteiger partial charge in [-0.3, -0.25) is 0 Å². The summed E-state index contributed by atoms with van der Waals surface area (Å²) in [4.78, 5) is 9.88. The quantitative estimate of drug-likeness (QED) is 0.406. The molecule has 2 heterocycles. The van der Waals surface area contributed by atoms with Crippen LogP contribution >= 0.6 is 34.0 Å². The van der Waals surface area contributed by atoms with Crippen LogP contribution in [0.1, 0.15) is 26.3 Å². The van der Waals surface area contributed by atoms with Gasteiger partial charge in [0.1, 0.15) is 0 Å². The van der Waals surface area contributed by atoms with E-state index in [0.717, 1.165) is 37.4 Å². The zero-order valence-corrected chi connectivity index (χ0v) is 21.1. The van der Waals surface area contributed by atoms with Crippen LogP contribution in [-0.4, -0.2) is 43.1 Å². The van der Waals surface area contributed by atoms with Gasteiger partial charge in [0.05, 0.1) is 11.2 Å². The van der Waals surface area contributed by atoms with Crippen molar-refractivity contribution in [1.29, 1.82) is 0 Å². The van der Waals surface area contributed by atoms with Crippen LogP contribution in [0.4, 0.5) is 5.69 Å². The first-order valence-corrected chi connectivity index (χ1v) is 9.86. The third kappa shape index (κ3) is 5.19. The topological polar surface area (TPSA) is 19.4 Å². The Bertz CT molecular complexity index is 940. The molecule has 2 aromatic carbocycles. The minimum Gasteiger partial charge on any atom is -0.368 e. The number of halogens is 2. The van der Waals surface area contributed by atoms with E-state index < -0.39 is 0 Å². The monoisotopic (exact) mass is 519 g/mol. The molecule has 1 aliphatic rings. The summed E-state index contributed by atoms with van der Waals surface area (Å²) >= 11 is 0. The maximum atomic E-state index is 4.97. The lowest BCUT2D eigenvalue weighted by molar-refractivity contribution is 0.313. The van der Waals surface area contributed by atoms with E-state index in [1.165, 1.54) is 22.2 Å². The van der Waals surface area contributed by atoms with Crippen LogP contribution in [0.15, 0.2) is 54.6 Å². The zero-order valence-electron chi connectivity index (χ0n) is 17.7. The minimum atomic E-state index is 0. The predicted octanol–water partition coefficient (Wildman–Crippen LogP) is 6.11. The fraction of sp³-hybridized carbons (Fsp3) is 0.375. The Hall–Kier alpha value is -1.43. The minimum absolute atomic E-state index is 0. The molecule has 0 radical (unpaired) electrons. The molecule has 29 heavy (non-hydrogen) atoms. The highest BCUT2D eigenvalue weighted by molar-refractivity contribution is 8.93. The van der Waals surface area contributed by atoms with E-state index >= 15 is 0 Å². The molecule has 0 spiro atoms. The molecule has 3 nitrogen and oxygen atoms in total. The van der Waals surface area contributed by atoms with Crippen molar-refractivity contribution in [3.8, 4) is 11.3 Å². The number of nitrogens with zero attached hydrogens (tertiary/aromatic N) is 3. The number of para-hydroxylation sites is 1. The first-order valence-electron chi connectivity index (χ1n) is 9.86. The lowest BCUT2D eigenvalue weighted by Gasteiger charge is -2.34. The van der Waals surface area contributed by atoms with Gasteiger partial charge in [-0.15, -0.1) is 34.0 Å². The second-order valence-corrected chi connectivity index (χ2v) is 8.66. The summed E-state index contributed by atoms with van der Waals surface area (Å²) in [5.41, 5.74) is 6.14. The van der Waals surface area contributed by atoms with Crippen molar-refractivity contribution < 1.29 is 0 Å². The molecule has 1 aromatic heterocycles. The lowest BCUT2D eigenvalue weighted by Crippen LogP contribution is -2.44. The number of anilines is 1. The highest BCUT2D eigenvalue weighted by atomic mass is 79.9. The molecule has 156 valence electrons. The Morgan fingerprint density at radius 1 is 0.828 bits per heavy atom. The van der Waals surface area contributed by atoms with Crippen LogP contribution in [0.5, 0.6) is 0 Å². The Morgan fingerprint density at radius 3 is 2.07 bits per heavy atom. The van der Waals surface area contributed by atoms with E-state index in [0.29, 0.717) is 0 Å². The Morgan fingerprint density at radius 2 is 1.45 bits per heavy atom. The van der Waals surface area contributed by atoms with Crippen LogP contribution in [0, 0.1) is 0 Å². The largest absolute Gasteiger partial charge is 0.368 e. The summed E-state index contributed by atoms with van der Waals surface area (Å²) in [7, 11) is 2.20. The Labute approximate surface area is 195 Å². The SMILES string of the molecule is Br.Br.CN1CCN(c2cc(-c3ccc(C(C)(C)C)cc3)nc3ccccc23)CC1. The molecule has 0 N–H and O–H groups in total. The Kier molecular flexibility index (Phi) is 7.88. The molecule has 0 amide bonds. The third-order valence-corrected chi connectivity index (χ3v) is 5.58. The summed E-state index contributed by atoms with van der Waals surface area (Å²) in [5, 5.41) is 1.25. The van der Waals surface area contributed by atoms with Crippen molar-refractivity contribution >= 4 is 50.6 Å². The standard InChI is InChI=1S/C24H29N3.2BrH/c1-24(2,3)19-11-9-18(10-12-19)22-17-23(27-15-13-26(4)14-16-27)20-7-5-6-8-21(20)25-22;;/h5-12,17H,13-16H2,1-4H3;2*1H. The van der Waals surface area contributed by atoms with E-state index in [4.69, 9.17) is 4.98 Å². The van der Waals surface area contributed by atoms with Crippen LogP contribution in [0.2, 0.25) is 0 Å². The second kappa shape index (κ2) is 9.59. The van der Waals surface area contributed by atoms with Crippen molar-refractivity contribution in [2.45, 2.75) is 26.2 Å². The number of piperazine rings is 1. The maximum Gasteiger partial charge on any atom is 0.0730 e.